The van der Waals surface area contributed by atoms with Crippen LogP contribution >= 0.6 is 0 Å². The van der Waals surface area contributed by atoms with E-state index in [4.69, 9.17) is 19.2 Å². The number of ether oxygens (including phenoxy) is 3. The van der Waals surface area contributed by atoms with Gasteiger partial charge in [0.2, 0.25) is 11.8 Å². The number of aromatic nitrogens is 6. The summed E-state index contributed by atoms with van der Waals surface area (Å²) in [6, 6.07) is 9.08. The molecule has 4 aromatic heterocycles. The number of pyridine rings is 2. The number of aromatic amines is 1. The van der Waals surface area contributed by atoms with E-state index in [0.717, 1.165) is 41.4 Å². The lowest BCUT2D eigenvalue weighted by molar-refractivity contribution is -0.228. The molecule has 4 fully saturated rings. The van der Waals surface area contributed by atoms with Gasteiger partial charge in [-0.1, -0.05) is 6.92 Å². The second-order valence-electron chi connectivity index (χ2n) is 13.3. The monoisotopic (exact) mass is 653 g/mol. The molecule has 0 saturated carbocycles. The van der Waals surface area contributed by atoms with Gasteiger partial charge in [0.25, 0.3) is 0 Å². The number of rotatable bonds is 8. The SMILES string of the molecule is Cc1nc(-c2ccc[nH]2)nc(N2C[C@@H](Oc3ncc(-c4ccnc(N5CC(C)C5)c4)cc3N3CCOC4(COC4)[C@@H]3C)C[C@H]2C(=O)O)n1. The highest BCUT2D eigenvalue weighted by molar-refractivity contribution is 5.78. The van der Waals surface area contributed by atoms with Crippen molar-refractivity contribution in [2.24, 2.45) is 5.92 Å². The van der Waals surface area contributed by atoms with Crippen molar-refractivity contribution in [2.45, 2.75) is 51.0 Å². The van der Waals surface area contributed by atoms with Gasteiger partial charge in [-0.2, -0.15) is 9.97 Å². The maximum Gasteiger partial charge on any atom is 0.326 e. The van der Waals surface area contributed by atoms with Crippen LogP contribution in [0.3, 0.4) is 0 Å². The number of aliphatic carboxylic acids is 1. The van der Waals surface area contributed by atoms with Gasteiger partial charge in [0, 0.05) is 50.2 Å². The average molecular weight is 654 g/mol. The van der Waals surface area contributed by atoms with Crippen LogP contribution < -0.4 is 19.4 Å². The quantitative estimate of drug-likeness (QED) is 0.286. The highest BCUT2D eigenvalue weighted by atomic mass is 16.6. The van der Waals surface area contributed by atoms with Crippen molar-refractivity contribution in [1.82, 2.24) is 29.9 Å². The Labute approximate surface area is 278 Å². The van der Waals surface area contributed by atoms with E-state index in [1.165, 1.54) is 0 Å². The molecule has 4 aromatic rings. The van der Waals surface area contributed by atoms with Gasteiger partial charge in [-0.3, -0.25) is 0 Å². The minimum absolute atomic E-state index is 0.00132. The molecule has 0 bridgehead atoms. The zero-order valence-corrected chi connectivity index (χ0v) is 27.2. The van der Waals surface area contributed by atoms with Gasteiger partial charge in [0.15, 0.2) is 5.82 Å². The Kier molecular flexibility index (Phi) is 7.63. The van der Waals surface area contributed by atoms with E-state index in [1.54, 1.807) is 18.0 Å². The third kappa shape index (κ3) is 5.48. The number of hydrogen-bond acceptors (Lipinski definition) is 12. The molecule has 4 saturated heterocycles. The third-order valence-corrected chi connectivity index (χ3v) is 9.91. The van der Waals surface area contributed by atoms with Crippen molar-refractivity contribution in [1.29, 1.82) is 0 Å². The summed E-state index contributed by atoms with van der Waals surface area (Å²) < 4.78 is 18.5. The Morgan fingerprint density at radius 2 is 1.92 bits per heavy atom. The fourth-order valence-corrected chi connectivity index (χ4v) is 7.14. The molecule has 0 unspecified atom stereocenters. The van der Waals surface area contributed by atoms with Gasteiger partial charge in [-0.05, 0) is 55.7 Å². The second-order valence-corrected chi connectivity index (χ2v) is 13.3. The van der Waals surface area contributed by atoms with E-state index in [-0.39, 0.29) is 19.0 Å². The van der Waals surface area contributed by atoms with E-state index in [0.29, 0.717) is 55.8 Å². The Bertz CT molecular complexity index is 1810. The van der Waals surface area contributed by atoms with Gasteiger partial charge in [0.05, 0.1) is 38.1 Å². The van der Waals surface area contributed by atoms with Crippen LogP contribution in [0.25, 0.3) is 22.6 Å². The predicted octanol–water partition coefficient (Wildman–Crippen LogP) is 3.19. The Morgan fingerprint density at radius 1 is 1.06 bits per heavy atom. The van der Waals surface area contributed by atoms with Crippen molar-refractivity contribution in [2.75, 3.05) is 60.7 Å². The van der Waals surface area contributed by atoms with Gasteiger partial charge in [-0.25, -0.2) is 19.7 Å². The molecule has 1 spiro atoms. The first-order valence-corrected chi connectivity index (χ1v) is 16.5. The van der Waals surface area contributed by atoms with Crippen LogP contribution in [0.4, 0.5) is 17.5 Å². The van der Waals surface area contributed by atoms with E-state index in [9.17, 15) is 9.90 Å². The summed E-state index contributed by atoms with van der Waals surface area (Å²) in [6.07, 6.45) is 5.22. The number of hydrogen-bond donors (Lipinski definition) is 2. The molecular weight excluding hydrogens is 614 g/mol. The summed E-state index contributed by atoms with van der Waals surface area (Å²) in [6.45, 7) is 10.7. The summed E-state index contributed by atoms with van der Waals surface area (Å²) >= 11 is 0. The van der Waals surface area contributed by atoms with Crippen molar-refractivity contribution in [3.05, 3.63) is 54.7 Å². The summed E-state index contributed by atoms with van der Waals surface area (Å²) in [5.41, 5.74) is 3.13. The largest absolute Gasteiger partial charge is 0.480 e. The molecule has 48 heavy (non-hydrogen) atoms. The molecule has 14 heteroatoms. The number of anilines is 3. The zero-order chi connectivity index (χ0) is 33.0. The fourth-order valence-electron chi connectivity index (χ4n) is 7.14. The van der Waals surface area contributed by atoms with Gasteiger partial charge in [0.1, 0.15) is 35.1 Å². The summed E-state index contributed by atoms with van der Waals surface area (Å²) in [5.74, 6) is 2.34. The van der Waals surface area contributed by atoms with Crippen LogP contribution in [0.5, 0.6) is 5.88 Å². The number of H-pyrrole nitrogens is 1. The van der Waals surface area contributed by atoms with Crippen LogP contribution in [0.15, 0.2) is 48.9 Å². The number of morpholine rings is 1. The average Bonchev–Trinajstić information content (AvgIpc) is 3.74. The van der Waals surface area contributed by atoms with Crippen LogP contribution in [0, 0.1) is 12.8 Å². The fraction of sp³-hybridized carbons (Fsp3) is 0.471. The van der Waals surface area contributed by atoms with Crippen LogP contribution in [0.1, 0.15) is 26.1 Å². The number of nitrogens with zero attached hydrogens (tertiary/aromatic N) is 8. The maximum atomic E-state index is 12.5. The second kappa shape index (κ2) is 12.0. The molecule has 8 heterocycles. The van der Waals surface area contributed by atoms with Crippen LogP contribution in [-0.2, 0) is 14.3 Å². The molecule has 0 amide bonds. The number of carboxylic acids is 1. The molecule has 250 valence electrons. The Balaban J connectivity index is 1.11. The van der Waals surface area contributed by atoms with Crippen LogP contribution in [-0.4, -0.2) is 111 Å². The van der Waals surface area contributed by atoms with Crippen LogP contribution in [0.2, 0.25) is 0 Å². The van der Waals surface area contributed by atoms with Crippen molar-refractivity contribution in [3.63, 3.8) is 0 Å². The maximum absolute atomic E-state index is 12.5. The lowest BCUT2D eigenvalue weighted by Crippen LogP contribution is -2.68. The highest BCUT2D eigenvalue weighted by Gasteiger charge is 2.50. The molecule has 0 aromatic carbocycles. The first kappa shape index (κ1) is 30.5. The molecule has 3 atom stereocenters. The van der Waals surface area contributed by atoms with Crippen molar-refractivity contribution < 1.29 is 24.1 Å². The topological polar surface area (TPSA) is 155 Å². The van der Waals surface area contributed by atoms with Gasteiger partial charge < -0.3 is 39.0 Å². The smallest absolute Gasteiger partial charge is 0.326 e. The lowest BCUT2D eigenvalue weighted by Gasteiger charge is -2.53. The number of carboxylic acid groups (broad SMARTS) is 1. The van der Waals surface area contributed by atoms with Crippen molar-refractivity contribution >= 4 is 23.4 Å². The predicted molar refractivity (Wildman–Crippen MR) is 177 cm³/mol. The summed E-state index contributed by atoms with van der Waals surface area (Å²) in [5, 5.41) is 10.3. The standard InChI is InChI=1S/C34H39N9O5/c1-20-15-41(16-20)29-12-23(6-8-36-29)24-11-27(42-9-10-47-34(21(42)2)18-46-19-34)31(37-14-24)48-25-13-28(32(44)45)43(17-25)33-39-22(3)38-30(40-33)26-5-4-7-35-26/h4-8,11-12,14,20-21,25,28,35H,9-10,13,15-19H2,1-3H3,(H,44,45)/t21-,25-,28-/m0/s1. The van der Waals surface area contributed by atoms with E-state index in [2.05, 4.69) is 60.7 Å². The molecule has 8 rings (SSSR count). The number of carbonyl (C=O) groups is 1. The normalized spacial score (nSPS) is 23.6. The molecular formula is C34H39N9O5. The molecule has 0 aliphatic carbocycles. The molecule has 14 nitrogen and oxygen atoms in total. The first-order chi connectivity index (χ1) is 23.3. The molecule has 4 aliphatic rings. The van der Waals surface area contributed by atoms with Gasteiger partial charge >= 0.3 is 5.97 Å². The van der Waals surface area contributed by atoms with Crippen molar-refractivity contribution in [3.8, 4) is 28.5 Å². The Morgan fingerprint density at radius 3 is 2.65 bits per heavy atom. The summed E-state index contributed by atoms with van der Waals surface area (Å²) in [4.78, 5) is 45.0. The van der Waals surface area contributed by atoms with E-state index >= 15 is 0 Å². The highest BCUT2D eigenvalue weighted by Crippen LogP contribution is 2.41. The van der Waals surface area contributed by atoms with E-state index in [1.807, 2.05) is 30.6 Å². The third-order valence-electron chi connectivity index (χ3n) is 9.91. The Hall–Kier alpha value is -4.82. The minimum Gasteiger partial charge on any atom is -0.480 e. The minimum atomic E-state index is -0.970. The lowest BCUT2D eigenvalue weighted by atomic mass is 9.90. The molecule has 4 aliphatic heterocycles. The first-order valence-electron chi connectivity index (χ1n) is 16.5. The van der Waals surface area contributed by atoms with E-state index < -0.39 is 23.7 Å². The zero-order valence-electron chi connectivity index (χ0n) is 27.2. The summed E-state index contributed by atoms with van der Waals surface area (Å²) in [7, 11) is 0. The molecule has 0 radical (unpaired) electrons. The number of aryl methyl sites for hydroxylation is 1. The molecule has 2 N–H and O–H groups in total. The van der Waals surface area contributed by atoms with Gasteiger partial charge in [-0.15, -0.1) is 0 Å². The number of nitrogens with one attached hydrogen (secondary N) is 1.